The van der Waals surface area contributed by atoms with E-state index in [2.05, 4.69) is 15.3 Å². The lowest BCUT2D eigenvalue weighted by Crippen LogP contribution is -2.18. The minimum Gasteiger partial charge on any atom is -0.489 e. The number of nitrogens with one attached hydrogen (secondary N) is 1. The zero-order valence-electron chi connectivity index (χ0n) is 16.4. The number of carbonyl (C=O) groups excluding carboxylic acids is 1. The summed E-state index contributed by atoms with van der Waals surface area (Å²) < 4.78 is 33.9. The predicted molar refractivity (Wildman–Crippen MR) is 107 cm³/mol. The van der Waals surface area contributed by atoms with Crippen LogP contribution in [0.2, 0.25) is 0 Å². The average Bonchev–Trinajstić information content (AvgIpc) is 3.30. The third-order valence-corrected chi connectivity index (χ3v) is 5.65. The van der Waals surface area contributed by atoms with Crippen molar-refractivity contribution in [3.63, 3.8) is 0 Å². The highest BCUT2D eigenvalue weighted by Crippen LogP contribution is 2.40. The van der Waals surface area contributed by atoms with Gasteiger partial charge in [-0.25, -0.2) is 18.7 Å². The van der Waals surface area contributed by atoms with Gasteiger partial charge in [0.05, 0.1) is 17.4 Å². The molecule has 5 rings (SSSR count). The molecule has 1 amide bonds. The van der Waals surface area contributed by atoms with Gasteiger partial charge < -0.3 is 14.5 Å². The molecule has 0 bridgehead atoms. The zero-order valence-corrected chi connectivity index (χ0v) is 16.4. The highest BCUT2D eigenvalue weighted by molar-refractivity contribution is 6.05. The summed E-state index contributed by atoms with van der Waals surface area (Å²) in [7, 11) is 0. The number of aromatic nitrogens is 3. The number of hydrogen-bond acceptors (Lipinski definition) is 4. The molecule has 2 aliphatic rings. The lowest BCUT2D eigenvalue weighted by Gasteiger charge is -2.17. The molecule has 1 N–H and O–H groups in total. The first kappa shape index (κ1) is 19.0. The molecule has 2 aliphatic carbocycles. The minimum atomic E-state index is -2.70. The molecule has 0 atom stereocenters. The second kappa shape index (κ2) is 7.66. The number of ether oxygens (including phenoxy) is 1. The van der Waals surface area contributed by atoms with Gasteiger partial charge in [0.2, 0.25) is 0 Å². The molecule has 8 heteroatoms. The number of halogens is 2. The lowest BCUT2D eigenvalue weighted by molar-refractivity contribution is 0.101. The van der Waals surface area contributed by atoms with E-state index in [4.69, 9.17) is 4.74 Å². The molecule has 0 aliphatic heterocycles. The molecule has 3 aromatic rings. The number of imidazole rings is 1. The number of carbonyl (C=O) groups is 1. The van der Waals surface area contributed by atoms with E-state index in [1.807, 2.05) is 10.6 Å². The predicted octanol–water partition coefficient (Wildman–Crippen LogP) is 5.12. The minimum absolute atomic E-state index is 0.0668. The van der Waals surface area contributed by atoms with Gasteiger partial charge in [0.15, 0.2) is 0 Å². The fourth-order valence-corrected chi connectivity index (χ4v) is 3.89. The highest BCUT2D eigenvalue weighted by Gasteiger charge is 2.27. The van der Waals surface area contributed by atoms with Crippen LogP contribution in [0.5, 0.6) is 5.75 Å². The average molecular weight is 412 g/mol. The Morgan fingerprint density at radius 2 is 1.93 bits per heavy atom. The lowest BCUT2D eigenvalue weighted by atomic mass is 10.2. The monoisotopic (exact) mass is 412 g/mol. The Morgan fingerprint density at radius 3 is 2.67 bits per heavy atom. The van der Waals surface area contributed by atoms with Crippen molar-refractivity contribution in [2.75, 3.05) is 5.32 Å². The summed E-state index contributed by atoms with van der Waals surface area (Å²) in [4.78, 5) is 21.5. The maximum absolute atomic E-state index is 13.0. The van der Waals surface area contributed by atoms with E-state index < -0.39 is 12.3 Å². The number of alkyl halides is 2. The molecular weight excluding hydrogens is 390 g/mol. The van der Waals surface area contributed by atoms with Crippen molar-refractivity contribution >= 4 is 17.4 Å². The van der Waals surface area contributed by atoms with E-state index >= 15 is 0 Å². The standard InChI is InChI=1S/C22H22F2N4O2/c23-21(24)16-6-3-7-19(25-16)27-22(29)15-11-28-12-17(13-8-9-13)26-20(28)10-18(15)30-14-4-1-2-5-14/h3,6-7,10-14,21H,1-2,4-5,8-9H2,(H,25,27,29). The Balaban J connectivity index is 1.48. The Hall–Kier alpha value is -3.03. The van der Waals surface area contributed by atoms with Gasteiger partial charge in [-0.05, 0) is 50.7 Å². The van der Waals surface area contributed by atoms with Crippen LogP contribution in [-0.2, 0) is 0 Å². The fraction of sp³-hybridized carbons (Fsp3) is 0.409. The van der Waals surface area contributed by atoms with E-state index in [1.54, 1.807) is 12.3 Å². The van der Waals surface area contributed by atoms with Crippen LogP contribution in [0.4, 0.5) is 14.6 Å². The van der Waals surface area contributed by atoms with Crippen LogP contribution in [-0.4, -0.2) is 26.4 Å². The highest BCUT2D eigenvalue weighted by atomic mass is 19.3. The van der Waals surface area contributed by atoms with Crippen molar-refractivity contribution in [2.24, 2.45) is 0 Å². The molecular formula is C22H22F2N4O2. The molecule has 2 saturated carbocycles. The van der Waals surface area contributed by atoms with Crippen LogP contribution < -0.4 is 10.1 Å². The molecule has 0 saturated heterocycles. The van der Waals surface area contributed by atoms with Gasteiger partial charge in [-0.15, -0.1) is 0 Å². The van der Waals surface area contributed by atoms with Gasteiger partial charge in [0.25, 0.3) is 12.3 Å². The van der Waals surface area contributed by atoms with Crippen LogP contribution in [0.15, 0.2) is 36.7 Å². The molecule has 0 aromatic carbocycles. The van der Waals surface area contributed by atoms with Crippen LogP contribution in [0.3, 0.4) is 0 Å². The van der Waals surface area contributed by atoms with Gasteiger partial charge in [0, 0.05) is 24.4 Å². The molecule has 3 heterocycles. The van der Waals surface area contributed by atoms with Crippen LogP contribution in [0.1, 0.15) is 72.6 Å². The second-order valence-electron chi connectivity index (χ2n) is 7.98. The number of hydrogen-bond donors (Lipinski definition) is 1. The zero-order chi connectivity index (χ0) is 20.7. The number of anilines is 1. The van der Waals surface area contributed by atoms with E-state index in [0.29, 0.717) is 17.2 Å². The fourth-order valence-electron chi connectivity index (χ4n) is 3.89. The van der Waals surface area contributed by atoms with Crippen molar-refractivity contribution in [2.45, 2.75) is 57.0 Å². The van der Waals surface area contributed by atoms with E-state index in [0.717, 1.165) is 49.9 Å². The Labute approximate surface area is 172 Å². The van der Waals surface area contributed by atoms with Crippen molar-refractivity contribution in [1.29, 1.82) is 0 Å². The van der Waals surface area contributed by atoms with Crippen molar-refractivity contribution < 1.29 is 18.3 Å². The maximum atomic E-state index is 13.0. The summed E-state index contributed by atoms with van der Waals surface area (Å²) >= 11 is 0. The molecule has 30 heavy (non-hydrogen) atoms. The number of pyridine rings is 2. The quantitative estimate of drug-likeness (QED) is 0.610. The first-order valence-electron chi connectivity index (χ1n) is 10.3. The Kier molecular flexibility index (Phi) is 4.84. The molecule has 0 unspecified atom stereocenters. The Bertz CT molecular complexity index is 1090. The van der Waals surface area contributed by atoms with Crippen LogP contribution >= 0.6 is 0 Å². The summed E-state index contributed by atoms with van der Waals surface area (Å²) in [6.45, 7) is 0. The first-order valence-corrected chi connectivity index (χ1v) is 10.3. The van der Waals surface area contributed by atoms with Crippen LogP contribution in [0, 0.1) is 0 Å². The number of fused-ring (bicyclic) bond motifs is 1. The summed E-state index contributed by atoms with van der Waals surface area (Å²) in [6.07, 6.45) is 7.39. The topological polar surface area (TPSA) is 68.5 Å². The second-order valence-corrected chi connectivity index (χ2v) is 7.98. The van der Waals surface area contributed by atoms with Gasteiger partial charge in [-0.1, -0.05) is 6.07 Å². The largest absolute Gasteiger partial charge is 0.489 e. The van der Waals surface area contributed by atoms with E-state index in [-0.39, 0.29) is 17.6 Å². The Morgan fingerprint density at radius 1 is 1.13 bits per heavy atom. The molecule has 0 spiro atoms. The number of amides is 1. The van der Waals surface area contributed by atoms with E-state index in [9.17, 15) is 13.6 Å². The first-order chi connectivity index (χ1) is 14.6. The third-order valence-electron chi connectivity index (χ3n) is 5.65. The van der Waals surface area contributed by atoms with Gasteiger partial charge in [-0.3, -0.25) is 4.79 Å². The summed E-state index contributed by atoms with van der Waals surface area (Å²) in [5.41, 5.74) is 1.71. The summed E-state index contributed by atoms with van der Waals surface area (Å²) in [6, 6.07) is 5.96. The SMILES string of the molecule is O=C(Nc1cccc(C(F)F)n1)c1cn2cc(C3CC3)nc2cc1OC1CCCC1. The molecule has 156 valence electrons. The van der Waals surface area contributed by atoms with E-state index in [1.165, 1.54) is 18.2 Å². The smallest absolute Gasteiger partial charge is 0.280 e. The van der Waals surface area contributed by atoms with Gasteiger partial charge >= 0.3 is 0 Å². The maximum Gasteiger partial charge on any atom is 0.280 e. The van der Waals surface area contributed by atoms with Crippen molar-refractivity contribution in [3.05, 3.63) is 53.6 Å². The molecule has 0 radical (unpaired) electrons. The summed E-state index contributed by atoms with van der Waals surface area (Å²) in [5.74, 6) is 0.576. The third kappa shape index (κ3) is 3.86. The van der Waals surface area contributed by atoms with Gasteiger partial charge in [-0.2, -0.15) is 0 Å². The number of nitrogens with zero attached hydrogens (tertiary/aromatic N) is 3. The van der Waals surface area contributed by atoms with Crippen LogP contribution in [0.25, 0.3) is 5.65 Å². The summed E-state index contributed by atoms with van der Waals surface area (Å²) in [5, 5.41) is 2.63. The van der Waals surface area contributed by atoms with Gasteiger partial charge in [0.1, 0.15) is 22.9 Å². The molecule has 3 aromatic heterocycles. The molecule has 6 nitrogen and oxygen atoms in total. The molecule has 2 fully saturated rings. The van der Waals surface area contributed by atoms with Crippen molar-refractivity contribution in [3.8, 4) is 5.75 Å². The normalized spacial score (nSPS) is 17.0. The number of rotatable bonds is 6. The van der Waals surface area contributed by atoms with Crippen molar-refractivity contribution in [1.82, 2.24) is 14.4 Å².